The number of rotatable bonds is 2. The van der Waals surface area contributed by atoms with Crippen molar-refractivity contribution in [3.63, 3.8) is 0 Å². The first-order valence-corrected chi connectivity index (χ1v) is 9.11. The Morgan fingerprint density at radius 1 is 1.26 bits per heavy atom. The second-order valence-electron chi connectivity index (χ2n) is 5.90. The number of nitrogens with zero attached hydrogens (tertiary/aromatic N) is 1. The van der Waals surface area contributed by atoms with Crippen LogP contribution < -0.4 is 5.32 Å². The fraction of sp³-hybridized carbons (Fsp3) is 0.571. The first kappa shape index (κ1) is 17.0. The molecular formula is C14H16ClF3N2O2S. The number of hydrogen-bond donors (Lipinski definition) is 1. The van der Waals surface area contributed by atoms with Gasteiger partial charge in [-0.05, 0) is 43.5 Å². The molecule has 2 saturated heterocycles. The van der Waals surface area contributed by atoms with Crippen LogP contribution in [0.5, 0.6) is 0 Å². The van der Waals surface area contributed by atoms with Gasteiger partial charge in [0.1, 0.15) is 4.90 Å². The van der Waals surface area contributed by atoms with Crippen molar-refractivity contribution < 1.29 is 21.6 Å². The lowest BCUT2D eigenvalue weighted by Crippen LogP contribution is -2.46. The van der Waals surface area contributed by atoms with Gasteiger partial charge in [-0.1, -0.05) is 11.6 Å². The normalized spacial score (nSPS) is 26.3. The Balaban J connectivity index is 1.93. The molecule has 0 aliphatic carbocycles. The van der Waals surface area contributed by atoms with Crippen molar-refractivity contribution in [3.05, 3.63) is 28.8 Å². The Labute approximate surface area is 137 Å². The molecule has 4 nitrogen and oxygen atoms in total. The summed E-state index contributed by atoms with van der Waals surface area (Å²) in [6, 6.07) is 2.69. The fourth-order valence-corrected chi connectivity index (χ4v) is 5.26. The summed E-state index contributed by atoms with van der Waals surface area (Å²) in [5, 5.41) is 3.12. The molecule has 1 N–H and O–H groups in total. The minimum absolute atomic E-state index is 0.190. The zero-order chi connectivity index (χ0) is 16.8. The van der Waals surface area contributed by atoms with Gasteiger partial charge in [0.05, 0.1) is 10.6 Å². The van der Waals surface area contributed by atoms with Crippen LogP contribution in [-0.4, -0.2) is 38.4 Å². The van der Waals surface area contributed by atoms with E-state index in [-0.39, 0.29) is 17.5 Å². The quantitative estimate of drug-likeness (QED) is 0.873. The molecule has 0 saturated carbocycles. The van der Waals surface area contributed by atoms with E-state index in [4.69, 9.17) is 11.6 Å². The SMILES string of the molecule is O=S(=O)(c1cc(C(F)(F)F)ccc1Cl)N1CCC2NCCC2C1. The van der Waals surface area contributed by atoms with E-state index < -0.39 is 26.7 Å². The number of fused-ring (bicyclic) bond motifs is 1. The lowest BCUT2D eigenvalue weighted by Gasteiger charge is -2.34. The highest BCUT2D eigenvalue weighted by atomic mass is 35.5. The van der Waals surface area contributed by atoms with Gasteiger partial charge < -0.3 is 5.32 Å². The molecule has 0 aromatic heterocycles. The number of benzene rings is 1. The third-order valence-electron chi connectivity index (χ3n) is 4.49. The van der Waals surface area contributed by atoms with Gasteiger partial charge in [-0.3, -0.25) is 0 Å². The number of piperidine rings is 1. The number of sulfonamides is 1. The van der Waals surface area contributed by atoms with Crippen LogP contribution in [0.25, 0.3) is 0 Å². The summed E-state index contributed by atoms with van der Waals surface area (Å²) in [5.74, 6) is 0.197. The molecule has 2 fully saturated rings. The smallest absolute Gasteiger partial charge is 0.314 e. The van der Waals surface area contributed by atoms with E-state index in [1.807, 2.05) is 0 Å². The lowest BCUT2D eigenvalue weighted by atomic mass is 9.95. The van der Waals surface area contributed by atoms with Crippen LogP contribution in [0.2, 0.25) is 5.02 Å². The van der Waals surface area contributed by atoms with E-state index in [0.717, 1.165) is 25.1 Å². The summed E-state index contributed by atoms with van der Waals surface area (Å²) in [4.78, 5) is -0.474. The van der Waals surface area contributed by atoms with Crippen molar-refractivity contribution in [3.8, 4) is 0 Å². The van der Waals surface area contributed by atoms with E-state index in [1.54, 1.807) is 0 Å². The van der Waals surface area contributed by atoms with E-state index in [0.29, 0.717) is 25.1 Å². The van der Waals surface area contributed by atoms with Crippen molar-refractivity contribution in [2.45, 2.75) is 30.0 Å². The first-order chi connectivity index (χ1) is 10.7. The second-order valence-corrected chi connectivity index (χ2v) is 8.22. The Kier molecular flexibility index (Phi) is 4.37. The summed E-state index contributed by atoms with van der Waals surface area (Å²) < 4.78 is 65.3. The van der Waals surface area contributed by atoms with E-state index >= 15 is 0 Å². The molecule has 0 radical (unpaired) electrons. The largest absolute Gasteiger partial charge is 0.416 e. The molecule has 3 rings (SSSR count). The Bertz CT molecular complexity index is 708. The molecule has 2 aliphatic heterocycles. The maximum Gasteiger partial charge on any atom is 0.416 e. The number of nitrogens with one attached hydrogen (secondary N) is 1. The van der Waals surface area contributed by atoms with Gasteiger partial charge >= 0.3 is 6.18 Å². The van der Waals surface area contributed by atoms with Gasteiger partial charge in [0, 0.05) is 19.1 Å². The highest BCUT2D eigenvalue weighted by molar-refractivity contribution is 7.89. The molecule has 2 unspecified atom stereocenters. The summed E-state index contributed by atoms with van der Waals surface area (Å²) in [6.07, 6.45) is -3.09. The summed E-state index contributed by atoms with van der Waals surface area (Å²) in [6.45, 7) is 1.43. The summed E-state index contributed by atoms with van der Waals surface area (Å²) in [5.41, 5.74) is -1.02. The van der Waals surface area contributed by atoms with Crippen LogP contribution in [-0.2, 0) is 16.2 Å². The van der Waals surface area contributed by atoms with Crippen LogP contribution in [0, 0.1) is 5.92 Å². The van der Waals surface area contributed by atoms with Gasteiger partial charge in [-0.2, -0.15) is 17.5 Å². The standard InChI is InChI=1S/C14H16ClF3N2O2S/c15-11-2-1-10(14(16,17)18)7-13(11)23(21,22)20-6-4-12-9(8-20)3-5-19-12/h1-2,7,9,12,19H,3-6,8H2. The highest BCUT2D eigenvalue weighted by Crippen LogP contribution is 2.36. The first-order valence-electron chi connectivity index (χ1n) is 7.30. The van der Waals surface area contributed by atoms with Crippen molar-refractivity contribution in [2.75, 3.05) is 19.6 Å². The predicted octanol–water partition coefficient (Wildman–Crippen LogP) is 2.73. The van der Waals surface area contributed by atoms with Crippen LogP contribution in [0.1, 0.15) is 18.4 Å². The Morgan fingerprint density at radius 2 is 2.00 bits per heavy atom. The molecule has 2 heterocycles. The maximum absolute atomic E-state index is 12.8. The van der Waals surface area contributed by atoms with Crippen molar-refractivity contribution >= 4 is 21.6 Å². The molecule has 2 atom stereocenters. The zero-order valence-electron chi connectivity index (χ0n) is 12.1. The third kappa shape index (κ3) is 3.22. The molecule has 2 aliphatic rings. The fourth-order valence-electron chi connectivity index (χ4n) is 3.25. The van der Waals surface area contributed by atoms with Gasteiger partial charge in [0.2, 0.25) is 10.0 Å². The topological polar surface area (TPSA) is 49.4 Å². The molecule has 1 aromatic carbocycles. The van der Waals surface area contributed by atoms with Crippen molar-refractivity contribution in [1.82, 2.24) is 9.62 Å². The minimum atomic E-state index is -4.61. The Hall–Kier alpha value is -0.830. The van der Waals surface area contributed by atoms with Crippen LogP contribution in [0.15, 0.2) is 23.1 Å². The predicted molar refractivity (Wildman–Crippen MR) is 79.7 cm³/mol. The summed E-state index contributed by atoms with van der Waals surface area (Å²) in [7, 11) is -4.04. The summed E-state index contributed by atoms with van der Waals surface area (Å²) >= 11 is 5.88. The number of alkyl halides is 3. The molecule has 0 amide bonds. The average Bonchev–Trinajstić information content (AvgIpc) is 2.93. The second kappa shape index (κ2) is 5.91. The minimum Gasteiger partial charge on any atom is -0.314 e. The van der Waals surface area contributed by atoms with Gasteiger partial charge in [0.25, 0.3) is 0 Å². The molecule has 128 valence electrons. The Morgan fingerprint density at radius 3 is 2.70 bits per heavy atom. The van der Waals surface area contributed by atoms with E-state index in [9.17, 15) is 21.6 Å². The van der Waals surface area contributed by atoms with Gasteiger partial charge in [0.15, 0.2) is 0 Å². The monoisotopic (exact) mass is 368 g/mol. The molecule has 0 bridgehead atoms. The van der Waals surface area contributed by atoms with Crippen LogP contribution in [0.3, 0.4) is 0 Å². The molecule has 23 heavy (non-hydrogen) atoms. The van der Waals surface area contributed by atoms with Crippen LogP contribution in [0.4, 0.5) is 13.2 Å². The lowest BCUT2D eigenvalue weighted by molar-refractivity contribution is -0.137. The average molecular weight is 369 g/mol. The van der Waals surface area contributed by atoms with E-state index in [2.05, 4.69) is 5.32 Å². The van der Waals surface area contributed by atoms with Gasteiger partial charge in [-0.25, -0.2) is 8.42 Å². The third-order valence-corrected chi connectivity index (χ3v) is 6.84. The molecule has 1 aromatic rings. The van der Waals surface area contributed by atoms with Gasteiger partial charge in [-0.15, -0.1) is 0 Å². The van der Waals surface area contributed by atoms with Crippen LogP contribution >= 0.6 is 11.6 Å². The molecule has 9 heteroatoms. The maximum atomic E-state index is 12.8. The number of halogens is 4. The number of hydrogen-bond acceptors (Lipinski definition) is 3. The van der Waals surface area contributed by atoms with Crippen molar-refractivity contribution in [2.24, 2.45) is 5.92 Å². The van der Waals surface area contributed by atoms with E-state index in [1.165, 1.54) is 4.31 Å². The highest BCUT2D eigenvalue weighted by Gasteiger charge is 2.39. The van der Waals surface area contributed by atoms with Crippen molar-refractivity contribution in [1.29, 1.82) is 0 Å². The molecule has 0 spiro atoms. The molecular weight excluding hydrogens is 353 g/mol. The zero-order valence-corrected chi connectivity index (χ0v) is 13.7.